The lowest BCUT2D eigenvalue weighted by Crippen LogP contribution is -2.13. The highest BCUT2D eigenvalue weighted by atomic mass is 79.9. The number of hydrogen-bond acceptors (Lipinski definition) is 2. The van der Waals surface area contributed by atoms with Gasteiger partial charge in [0.2, 0.25) is 5.91 Å². The van der Waals surface area contributed by atoms with Gasteiger partial charge in [0.15, 0.2) is 0 Å². The lowest BCUT2D eigenvalue weighted by atomic mass is 10.1. The second-order valence-corrected chi connectivity index (χ2v) is 4.25. The molecular formula is C11H15BrN2O. The van der Waals surface area contributed by atoms with Crippen molar-refractivity contribution in [3.05, 3.63) is 28.2 Å². The molecule has 0 aromatic heterocycles. The van der Waals surface area contributed by atoms with Crippen molar-refractivity contribution in [1.82, 2.24) is 5.32 Å². The topological polar surface area (TPSA) is 41.1 Å². The SMILES string of the molecule is CNCCc1cc(Br)ccc1NC(C)=O. The molecule has 0 aliphatic heterocycles. The van der Waals surface area contributed by atoms with Crippen LogP contribution < -0.4 is 10.6 Å². The molecule has 4 heteroatoms. The summed E-state index contributed by atoms with van der Waals surface area (Å²) < 4.78 is 1.03. The Labute approximate surface area is 98.4 Å². The van der Waals surface area contributed by atoms with Crippen LogP contribution >= 0.6 is 15.9 Å². The monoisotopic (exact) mass is 270 g/mol. The number of carbonyl (C=O) groups is 1. The summed E-state index contributed by atoms with van der Waals surface area (Å²) in [5, 5.41) is 5.91. The zero-order valence-electron chi connectivity index (χ0n) is 8.93. The maximum atomic E-state index is 11.0. The molecule has 1 amide bonds. The van der Waals surface area contributed by atoms with Crippen molar-refractivity contribution < 1.29 is 4.79 Å². The summed E-state index contributed by atoms with van der Waals surface area (Å²) in [4.78, 5) is 11.0. The molecule has 1 rings (SSSR count). The quantitative estimate of drug-likeness (QED) is 0.881. The lowest BCUT2D eigenvalue weighted by Gasteiger charge is -2.10. The van der Waals surface area contributed by atoms with Crippen molar-refractivity contribution in [2.45, 2.75) is 13.3 Å². The molecule has 0 unspecified atom stereocenters. The molecule has 0 aliphatic rings. The first-order valence-corrected chi connectivity index (χ1v) is 5.63. The largest absolute Gasteiger partial charge is 0.326 e. The number of nitrogens with one attached hydrogen (secondary N) is 2. The van der Waals surface area contributed by atoms with E-state index in [2.05, 4.69) is 26.6 Å². The fourth-order valence-corrected chi connectivity index (χ4v) is 1.75. The molecule has 3 nitrogen and oxygen atoms in total. The van der Waals surface area contributed by atoms with E-state index in [-0.39, 0.29) is 5.91 Å². The van der Waals surface area contributed by atoms with Gasteiger partial charge in [0, 0.05) is 17.1 Å². The molecule has 0 saturated carbocycles. The molecule has 0 bridgehead atoms. The molecule has 1 aromatic rings. The Morgan fingerprint density at radius 2 is 2.20 bits per heavy atom. The van der Waals surface area contributed by atoms with Gasteiger partial charge in [-0.1, -0.05) is 15.9 Å². The van der Waals surface area contributed by atoms with Gasteiger partial charge in [-0.05, 0) is 43.8 Å². The van der Waals surface area contributed by atoms with E-state index < -0.39 is 0 Å². The third-order valence-electron chi connectivity index (χ3n) is 2.02. The molecule has 0 saturated heterocycles. The van der Waals surface area contributed by atoms with Gasteiger partial charge in [0.1, 0.15) is 0 Å². The predicted octanol–water partition coefficient (Wildman–Crippen LogP) is 2.17. The normalized spacial score (nSPS) is 10.1. The zero-order chi connectivity index (χ0) is 11.3. The van der Waals surface area contributed by atoms with Gasteiger partial charge in [0.25, 0.3) is 0 Å². The van der Waals surface area contributed by atoms with E-state index in [1.54, 1.807) is 0 Å². The van der Waals surface area contributed by atoms with Gasteiger partial charge in [-0.2, -0.15) is 0 Å². The zero-order valence-corrected chi connectivity index (χ0v) is 10.5. The molecule has 2 N–H and O–H groups in total. The van der Waals surface area contributed by atoms with Crippen molar-refractivity contribution in [3.8, 4) is 0 Å². The van der Waals surface area contributed by atoms with Crippen molar-refractivity contribution in [1.29, 1.82) is 0 Å². The fourth-order valence-electron chi connectivity index (χ4n) is 1.34. The fraction of sp³-hybridized carbons (Fsp3) is 0.364. The highest BCUT2D eigenvalue weighted by molar-refractivity contribution is 9.10. The number of likely N-dealkylation sites (N-methyl/N-ethyl adjacent to an activating group) is 1. The minimum Gasteiger partial charge on any atom is -0.326 e. The van der Waals surface area contributed by atoms with E-state index in [0.717, 1.165) is 28.7 Å². The summed E-state index contributed by atoms with van der Waals surface area (Å²) in [5.41, 5.74) is 2.02. The van der Waals surface area contributed by atoms with E-state index in [4.69, 9.17) is 0 Å². The molecule has 15 heavy (non-hydrogen) atoms. The number of benzene rings is 1. The van der Waals surface area contributed by atoms with Gasteiger partial charge in [0.05, 0.1) is 0 Å². The van der Waals surface area contributed by atoms with Crippen LogP contribution in [0.15, 0.2) is 22.7 Å². The van der Waals surface area contributed by atoms with Gasteiger partial charge >= 0.3 is 0 Å². The van der Waals surface area contributed by atoms with Crippen LogP contribution in [-0.4, -0.2) is 19.5 Å². The van der Waals surface area contributed by atoms with Crippen LogP contribution in [0.1, 0.15) is 12.5 Å². The van der Waals surface area contributed by atoms with Crippen molar-refractivity contribution >= 4 is 27.5 Å². The second-order valence-electron chi connectivity index (χ2n) is 3.34. The Kier molecular flexibility index (Phi) is 4.78. The van der Waals surface area contributed by atoms with E-state index in [1.807, 2.05) is 25.2 Å². The molecular weight excluding hydrogens is 256 g/mol. The van der Waals surface area contributed by atoms with Crippen LogP contribution in [0.2, 0.25) is 0 Å². The molecule has 0 heterocycles. The molecule has 1 aromatic carbocycles. The van der Waals surface area contributed by atoms with Crippen LogP contribution in [0.25, 0.3) is 0 Å². The van der Waals surface area contributed by atoms with Crippen LogP contribution in [0.4, 0.5) is 5.69 Å². The summed E-state index contributed by atoms with van der Waals surface area (Å²) in [6.07, 6.45) is 0.894. The average Bonchev–Trinajstić information content (AvgIpc) is 2.18. The number of rotatable bonds is 4. The highest BCUT2D eigenvalue weighted by Gasteiger charge is 2.04. The minimum absolute atomic E-state index is 0.0389. The van der Waals surface area contributed by atoms with Crippen LogP contribution in [0, 0.1) is 0 Å². The Morgan fingerprint density at radius 3 is 2.80 bits per heavy atom. The number of amides is 1. The smallest absolute Gasteiger partial charge is 0.221 e. The molecule has 0 atom stereocenters. The van der Waals surface area contributed by atoms with Crippen LogP contribution in [0.3, 0.4) is 0 Å². The van der Waals surface area contributed by atoms with Crippen molar-refractivity contribution in [2.24, 2.45) is 0 Å². The standard InChI is InChI=1S/C11H15BrN2O/c1-8(15)14-11-4-3-10(12)7-9(11)5-6-13-2/h3-4,7,13H,5-6H2,1-2H3,(H,14,15). The molecule has 0 aliphatic carbocycles. The Balaban J connectivity index is 2.87. The minimum atomic E-state index is -0.0389. The maximum absolute atomic E-state index is 11.0. The number of carbonyl (C=O) groups excluding carboxylic acids is 1. The summed E-state index contributed by atoms with van der Waals surface area (Å²) in [6.45, 7) is 2.41. The van der Waals surface area contributed by atoms with Crippen molar-refractivity contribution in [3.63, 3.8) is 0 Å². The molecule has 82 valence electrons. The van der Waals surface area contributed by atoms with Gasteiger partial charge < -0.3 is 10.6 Å². The first-order valence-electron chi connectivity index (χ1n) is 4.84. The average molecular weight is 271 g/mol. The number of hydrogen-bond donors (Lipinski definition) is 2. The van der Waals surface area contributed by atoms with Gasteiger partial charge in [-0.3, -0.25) is 4.79 Å². The van der Waals surface area contributed by atoms with E-state index in [9.17, 15) is 4.79 Å². The Morgan fingerprint density at radius 1 is 1.47 bits per heavy atom. The van der Waals surface area contributed by atoms with Crippen molar-refractivity contribution in [2.75, 3.05) is 18.9 Å². The maximum Gasteiger partial charge on any atom is 0.221 e. The van der Waals surface area contributed by atoms with E-state index in [0.29, 0.717) is 0 Å². The Hall–Kier alpha value is -0.870. The Bertz CT molecular complexity index is 352. The van der Waals surface area contributed by atoms with E-state index in [1.165, 1.54) is 6.92 Å². The summed E-state index contributed by atoms with van der Waals surface area (Å²) >= 11 is 3.42. The lowest BCUT2D eigenvalue weighted by molar-refractivity contribution is -0.114. The first-order chi connectivity index (χ1) is 7.13. The molecule has 0 fully saturated rings. The second kappa shape index (κ2) is 5.88. The summed E-state index contributed by atoms with van der Waals surface area (Å²) in [6, 6.07) is 5.87. The third kappa shape index (κ3) is 4.01. The highest BCUT2D eigenvalue weighted by Crippen LogP contribution is 2.21. The first kappa shape index (κ1) is 12.2. The summed E-state index contributed by atoms with van der Waals surface area (Å²) in [5.74, 6) is -0.0389. The van der Waals surface area contributed by atoms with E-state index >= 15 is 0 Å². The van der Waals surface area contributed by atoms with Crippen LogP contribution in [-0.2, 0) is 11.2 Å². The van der Waals surface area contributed by atoms with Gasteiger partial charge in [-0.15, -0.1) is 0 Å². The third-order valence-corrected chi connectivity index (χ3v) is 2.52. The number of anilines is 1. The molecule has 0 spiro atoms. The van der Waals surface area contributed by atoms with Crippen LogP contribution in [0.5, 0.6) is 0 Å². The number of halogens is 1. The summed E-state index contributed by atoms with van der Waals surface area (Å²) in [7, 11) is 1.91. The van der Waals surface area contributed by atoms with Gasteiger partial charge in [-0.25, -0.2) is 0 Å². The predicted molar refractivity (Wildman–Crippen MR) is 66.1 cm³/mol. The molecule has 0 radical (unpaired) electrons.